The van der Waals surface area contributed by atoms with Gasteiger partial charge in [-0.05, 0) is 50.1 Å². The van der Waals surface area contributed by atoms with E-state index in [4.69, 9.17) is 28.2 Å². The highest BCUT2D eigenvalue weighted by Gasteiger charge is 2.67. The molecule has 0 aromatic carbocycles. The maximum Gasteiger partial charge on any atom is 0.337 e. The number of carbonyl (C=O) groups is 1. The molecule has 16 heteroatoms. The lowest BCUT2D eigenvalue weighted by Gasteiger charge is -2.43. The first-order chi connectivity index (χ1) is 20.3. The van der Waals surface area contributed by atoms with Crippen LogP contribution in [0.15, 0.2) is 33.0 Å². The first-order valence-corrected chi connectivity index (χ1v) is 22.2. The summed E-state index contributed by atoms with van der Waals surface area (Å²) in [6.07, 6.45) is -0.357. The van der Waals surface area contributed by atoms with Gasteiger partial charge in [0, 0.05) is 24.0 Å². The van der Waals surface area contributed by atoms with Crippen LogP contribution in [0.2, 0.25) is 36.3 Å². The zero-order valence-electron chi connectivity index (χ0n) is 28.4. The second-order valence-electron chi connectivity index (χ2n) is 14.6. The molecule has 1 unspecified atom stereocenters. The molecule has 1 aromatic heterocycles. The Morgan fingerprint density at radius 1 is 1.09 bits per heavy atom. The highest BCUT2D eigenvalue weighted by Crippen LogP contribution is 2.52. The van der Waals surface area contributed by atoms with E-state index in [0.29, 0.717) is 0 Å². The van der Waals surface area contributed by atoms with Crippen LogP contribution < -0.4 is 17.0 Å². The molecular formula is C29H49N3O10SSi2. The van der Waals surface area contributed by atoms with Crippen LogP contribution in [0.4, 0.5) is 0 Å². The quantitative estimate of drug-likeness (QED) is 0.174. The van der Waals surface area contributed by atoms with E-state index >= 15 is 0 Å². The van der Waals surface area contributed by atoms with Crippen molar-refractivity contribution in [2.75, 3.05) is 13.2 Å². The molecule has 45 heavy (non-hydrogen) atoms. The predicted octanol–water partition coefficient (Wildman–Crippen LogP) is 3.56. The van der Waals surface area contributed by atoms with Gasteiger partial charge in [0.1, 0.15) is 12.2 Å². The Hall–Kier alpha value is -2.35. The summed E-state index contributed by atoms with van der Waals surface area (Å²) in [4.78, 5) is 39.0. The van der Waals surface area contributed by atoms with Gasteiger partial charge in [0.2, 0.25) is 0 Å². The van der Waals surface area contributed by atoms with Gasteiger partial charge in [-0.2, -0.15) is 8.42 Å². The van der Waals surface area contributed by atoms with E-state index in [2.05, 4.69) is 20.8 Å². The van der Waals surface area contributed by atoms with Crippen molar-refractivity contribution in [2.24, 2.45) is 5.73 Å². The molecule has 3 heterocycles. The number of nitrogens with two attached hydrogens (primary N) is 1. The van der Waals surface area contributed by atoms with Crippen LogP contribution in [0.5, 0.6) is 0 Å². The predicted molar refractivity (Wildman–Crippen MR) is 176 cm³/mol. The van der Waals surface area contributed by atoms with Gasteiger partial charge in [0.15, 0.2) is 28.5 Å². The maximum absolute atomic E-state index is 13.9. The van der Waals surface area contributed by atoms with Gasteiger partial charge in [-0.25, -0.2) is 18.3 Å². The molecule has 2 aliphatic rings. The summed E-state index contributed by atoms with van der Waals surface area (Å²) in [5, 5.41) is 0.303. The number of esters is 1. The number of hydrogen-bond donors (Lipinski definition) is 1. The summed E-state index contributed by atoms with van der Waals surface area (Å²) in [7, 11) is -9.43. The number of hydrogen-bond acceptors (Lipinski definition) is 11. The van der Waals surface area contributed by atoms with Gasteiger partial charge in [-0.1, -0.05) is 41.5 Å². The molecule has 1 fully saturated rings. The van der Waals surface area contributed by atoms with Crippen molar-refractivity contribution < 1.29 is 35.7 Å². The zero-order valence-corrected chi connectivity index (χ0v) is 31.2. The number of carbonyl (C=O) groups excluding carboxylic acids is 1. The summed E-state index contributed by atoms with van der Waals surface area (Å²) in [5.74, 6) is -0.739. The Bertz CT molecular complexity index is 1600. The van der Waals surface area contributed by atoms with Crippen molar-refractivity contribution in [1.82, 2.24) is 9.13 Å². The number of rotatable bonds is 9. The van der Waals surface area contributed by atoms with Gasteiger partial charge >= 0.3 is 11.7 Å². The van der Waals surface area contributed by atoms with Gasteiger partial charge in [-0.3, -0.25) is 9.36 Å². The van der Waals surface area contributed by atoms with Crippen molar-refractivity contribution in [3.05, 3.63) is 49.8 Å². The van der Waals surface area contributed by atoms with Crippen molar-refractivity contribution >= 4 is 38.9 Å². The van der Waals surface area contributed by atoms with Crippen LogP contribution in [0.3, 0.4) is 0 Å². The average Bonchev–Trinajstić information content (AvgIpc) is 3.30. The lowest BCUT2D eigenvalue weighted by molar-refractivity contribution is -0.137. The second kappa shape index (κ2) is 12.4. The lowest BCUT2D eigenvalue weighted by Crippen LogP contribution is -2.59. The van der Waals surface area contributed by atoms with Crippen molar-refractivity contribution in [1.29, 1.82) is 0 Å². The van der Waals surface area contributed by atoms with Crippen molar-refractivity contribution in [3.8, 4) is 0 Å². The largest absolute Gasteiger partial charge is 0.463 e. The van der Waals surface area contributed by atoms with Gasteiger partial charge in [-0.15, -0.1) is 0 Å². The van der Waals surface area contributed by atoms with Crippen LogP contribution in [-0.2, 0) is 37.4 Å². The summed E-state index contributed by atoms with van der Waals surface area (Å²) in [6.45, 7) is 23.4. The molecule has 13 nitrogen and oxygen atoms in total. The van der Waals surface area contributed by atoms with Crippen molar-refractivity contribution in [2.45, 2.75) is 116 Å². The SMILES string of the molecule is CCOC(=O)/C=C\n1c(=O)c(C)cn([C@@H]2O[C@H](CO[Si](C)(C)C(C)(C)C)C3(OS(=O)(=O)C=C3N)[C@H]2O[Si](C)(C)C(C)(C)C)c1=O. The molecule has 254 valence electrons. The summed E-state index contributed by atoms with van der Waals surface area (Å²) < 4.78 is 58.6. The van der Waals surface area contributed by atoms with Crippen molar-refractivity contribution in [3.63, 3.8) is 0 Å². The standard InChI is InChI=1S/C29H49N3O10SSi2/c1-13-38-22(33)14-15-31-24(34)19(2)16-32(26(31)35)25-23(41-45(11,12)28(6,7)8)29(20(30)18-43(36,37)42-29)21(40-25)17-39-44(9,10)27(3,4)5/h14-16,18,21,23,25H,13,17,30H2,1-12H3/b15-14-/t21-,23+,25-,29?/m1/s1. The minimum atomic E-state index is -4.27. The van der Waals surface area contributed by atoms with E-state index < -0.39 is 68.0 Å². The Kier molecular flexibility index (Phi) is 10.2. The molecule has 0 amide bonds. The summed E-state index contributed by atoms with van der Waals surface area (Å²) >= 11 is 0. The topological polar surface area (TPSA) is 167 Å². The molecule has 2 N–H and O–H groups in total. The Labute approximate surface area is 267 Å². The maximum atomic E-state index is 13.9. The monoisotopic (exact) mass is 687 g/mol. The van der Waals surface area contributed by atoms with E-state index in [9.17, 15) is 22.8 Å². The second-order valence-corrected chi connectivity index (χ2v) is 25.5. The van der Waals surface area contributed by atoms with Crippen LogP contribution in [0.1, 0.15) is 60.3 Å². The minimum absolute atomic E-state index is 0.107. The average molecular weight is 688 g/mol. The first-order valence-electron chi connectivity index (χ1n) is 14.9. The summed E-state index contributed by atoms with van der Waals surface area (Å²) in [6, 6.07) is 0. The van der Waals surface area contributed by atoms with Crippen LogP contribution >= 0.6 is 0 Å². The molecule has 4 atom stereocenters. The van der Waals surface area contributed by atoms with Gasteiger partial charge in [0.05, 0.1) is 24.3 Å². The molecule has 0 aliphatic carbocycles. The molecule has 1 aromatic rings. The molecule has 1 spiro atoms. The fraction of sp³-hybridized carbons (Fsp3) is 0.690. The Morgan fingerprint density at radius 3 is 2.16 bits per heavy atom. The molecule has 0 bridgehead atoms. The number of nitrogens with zero attached hydrogens (tertiary/aromatic N) is 2. The third-order valence-corrected chi connectivity index (χ3v) is 19.3. The normalized spacial score (nSPS) is 25.7. The fourth-order valence-electron chi connectivity index (χ4n) is 4.57. The lowest BCUT2D eigenvalue weighted by atomic mass is 9.89. The fourth-order valence-corrected chi connectivity index (χ4v) is 8.08. The number of aromatic nitrogens is 2. The molecule has 0 saturated carbocycles. The van der Waals surface area contributed by atoms with E-state index in [1.165, 1.54) is 13.1 Å². The van der Waals surface area contributed by atoms with E-state index in [-0.39, 0.29) is 34.6 Å². The van der Waals surface area contributed by atoms with Crippen LogP contribution in [0, 0.1) is 6.92 Å². The molecule has 3 rings (SSSR count). The highest BCUT2D eigenvalue weighted by atomic mass is 32.2. The molecule has 1 saturated heterocycles. The Morgan fingerprint density at radius 2 is 1.67 bits per heavy atom. The number of aryl methyl sites for hydroxylation is 1. The van der Waals surface area contributed by atoms with Crippen LogP contribution in [0.25, 0.3) is 6.20 Å². The minimum Gasteiger partial charge on any atom is -0.463 e. The van der Waals surface area contributed by atoms with E-state index in [0.717, 1.165) is 26.8 Å². The zero-order chi connectivity index (χ0) is 34.6. The van der Waals surface area contributed by atoms with Crippen LogP contribution in [-0.4, -0.2) is 71.2 Å². The molecular weight excluding hydrogens is 639 g/mol. The summed E-state index contributed by atoms with van der Waals surface area (Å²) in [5.41, 5.74) is 3.13. The third-order valence-electron chi connectivity index (χ3n) is 9.31. The third kappa shape index (κ3) is 7.16. The first kappa shape index (κ1) is 37.1. The molecule has 2 aliphatic heterocycles. The van der Waals surface area contributed by atoms with E-state index in [1.807, 2.05) is 47.0 Å². The van der Waals surface area contributed by atoms with Gasteiger partial charge in [0.25, 0.3) is 15.7 Å². The van der Waals surface area contributed by atoms with Gasteiger partial charge < -0.3 is 24.1 Å². The smallest absolute Gasteiger partial charge is 0.337 e. The molecule has 0 radical (unpaired) electrons. The number of ether oxygens (including phenoxy) is 2. The van der Waals surface area contributed by atoms with E-state index in [1.54, 1.807) is 6.92 Å². The Balaban J connectivity index is 2.31. The highest BCUT2D eigenvalue weighted by molar-refractivity contribution is 7.90.